The summed E-state index contributed by atoms with van der Waals surface area (Å²) in [5.41, 5.74) is 8.84. The first kappa shape index (κ1) is 12.5. The molecule has 3 heteroatoms. The fourth-order valence-corrected chi connectivity index (χ4v) is 2.87. The molecule has 1 aromatic heterocycles. The second-order valence-corrected chi connectivity index (χ2v) is 5.98. The quantitative estimate of drug-likeness (QED) is 0.916. The Hall–Kier alpha value is -1.48. The van der Waals surface area contributed by atoms with E-state index in [0.29, 0.717) is 0 Å². The molecule has 1 aliphatic carbocycles. The third-order valence-electron chi connectivity index (χ3n) is 4.15. The Labute approximate surface area is 114 Å². The minimum Gasteiger partial charge on any atom is -0.491 e. The normalized spacial score (nSPS) is 17.1. The maximum Gasteiger partial charge on any atom is 0.120 e. The number of rotatable bonds is 4. The van der Waals surface area contributed by atoms with E-state index in [1.807, 2.05) is 6.07 Å². The number of aromatic nitrogens is 1. The second-order valence-electron chi connectivity index (χ2n) is 5.98. The summed E-state index contributed by atoms with van der Waals surface area (Å²) in [6.45, 7) is 4.85. The van der Waals surface area contributed by atoms with Gasteiger partial charge in [0.05, 0.1) is 6.10 Å². The summed E-state index contributed by atoms with van der Waals surface area (Å²) in [6.07, 6.45) is 4.86. The fraction of sp³-hybridized carbons (Fsp3) is 0.500. The van der Waals surface area contributed by atoms with E-state index < -0.39 is 0 Å². The van der Waals surface area contributed by atoms with Crippen molar-refractivity contribution >= 4 is 10.9 Å². The number of nitrogens with two attached hydrogens (primary N) is 1. The lowest BCUT2D eigenvalue weighted by Crippen LogP contribution is -2.19. The van der Waals surface area contributed by atoms with E-state index in [2.05, 4.69) is 43.8 Å². The van der Waals surface area contributed by atoms with Gasteiger partial charge in [0.2, 0.25) is 0 Å². The molecule has 1 heterocycles. The van der Waals surface area contributed by atoms with Crippen LogP contribution in [0.5, 0.6) is 5.75 Å². The van der Waals surface area contributed by atoms with Gasteiger partial charge < -0.3 is 15.0 Å². The zero-order valence-electron chi connectivity index (χ0n) is 11.9. The van der Waals surface area contributed by atoms with Crippen LogP contribution in [0.2, 0.25) is 0 Å². The summed E-state index contributed by atoms with van der Waals surface area (Å²) >= 11 is 0. The van der Waals surface area contributed by atoms with Gasteiger partial charge in [-0.2, -0.15) is 0 Å². The summed E-state index contributed by atoms with van der Waals surface area (Å²) in [6, 6.07) is 6.36. The van der Waals surface area contributed by atoms with Crippen LogP contribution in [0, 0.1) is 0 Å². The van der Waals surface area contributed by atoms with Gasteiger partial charge in [0, 0.05) is 36.1 Å². The maximum atomic E-state index is 5.98. The van der Waals surface area contributed by atoms with E-state index in [1.165, 1.54) is 29.3 Å². The molecule has 0 amide bonds. The van der Waals surface area contributed by atoms with Crippen LogP contribution in [0.1, 0.15) is 32.3 Å². The zero-order valence-corrected chi connectivity index (χ0v) is 11.9. The molecule has 0 radical (unpaired) electrons. The molecule has 0 spiro atoms. The van der Waals surface area contributed by atoms with Crippen LogP contribution in [0.4, 0.5) is 0 Å². The summed E-state index contributed by atoms with van der Waals surface area (Å²) in [7, 11) is 2.10. The van der Waals surface area contributed by atoms with Crippen LogP contribution in [0.15, 0.2) is 24.4 Å². The Morgan fingerprint density at radius 1 is 1.37 bits per heavy atom. The molecular formula is C16H22N2O. The first-order valence-electron chi connectivity index (χ1n) is 7.02. The van der Waals surface area contributed by atoms with Gasteiger partial charge >= 0.3 is 0 Å². The van der Waals surface area contributed by atoms with Crippen molar-refractivity contribution in [3.05, 3.63) is 30.0 Å². The van der Waals surface area contributed by atoms with Crippen molar-refractivity contribution in [3.8, 4) is 5.75 Å². The smallest absolute Gasteiger partial charge is 0.120 e. The van der Waals surface area contributed by atoms with Gasteiger partial charge in [-0.3, -0.25) is 0 Å². The van der Waals surface area contributed by atoms with Crippen molar-refractivity contribution in [3.63, 3.8) is 0 Å². The van der Waals surface area contributed by atoms with Crippen LogP contribution in [-0.2, 0) is 12.5 Å². The molecule has 3 nitrogen and oxygen atoms in total. The van der Waals surface area contributed by atoms with E-state index in [1.54, 1.807) is 0 Å². The van der Waals surface area contributed by atoms with Crippen LogP contribution in [0.3, 0.4) is 0 Å². The van der Waals surface area contributed by atoms with Crippen molar-refractivity contribution < 1.29 is 4.74 Å². The summed E-state index contributed by atoms with van der Waals surface area (Å²) in [5, 5.41) is 1.30. The van der Waals surface area contributed by atoms with E-state index in [9.17, 15) is 0 Å². The van der Waals surface area contributed by atoms with Gasteiger partial charge in [0.1, 0.15) is 5.75 Å². The van der Waals surface area contributed by atoms with Crippen molar-refractivity contribution in [1.29, 1.82) is 0 Å². The molecule has 1 aromatic carbocycles. The number of hydrogen-bond donors (Lipinski definition) is 1. The van der Waals surface area contributed by atoms with Crippen LogP contribution in [0.25, 0.3) is 10.9 Å². The first-order chi connectivity index (χ1) is 9.05. The predicted molar refractivity (Wildman–Crippen MR) is 78.6 cm³/mol. The number of aryl methyl sites for hydroxylation is 1. The molecule has 2 aromatic rings. The van der Waals surface area contributed by atoms with Crippen LogP contribution < -0.4 is 10.5 Å². The predicted octanol–water partition coefficient (Wildman–Crippen LogP) is 2.96. The minimum absolute atomic E-state index is 0.203. The highest BCUT2D eigenvalue weighted by atomic mass is 16.5. The number of nitrogens with zero attached hydrogens (tertiary/aromatic N) is 1. The Balaban J connectivity index is 2.12. The van der Waals surface area contributed by atoms with Gasteiger partial charge in [-0.05, 0) is 50.5 Å². The number of ether oxygens (including phenoxy) is 1. The number of hydrogen-bond acceptors (Lipinski definition) is 2. The van der Waals surface area contributed by atoms with Gasteiger partial charge in [0.15, 0.2) is 0 Å². The average Bonchev–Trinajstić information content (AvgIpc) is 3.09. The molecule has 1 saturated carbocycles. The molecule has 2 N–H and O–H groups in total. The number of benzene rings is 1. The molecule has 0 aliphatic heterocycles. The standard InChI is InChI=1S/C16H22N2O/c1-11(2)19-12-4-5-15-13(8-12)14(9-18(15)3)16(10-17)6-7-16/h4-5,8-9,11H,6-7,10,17H2,1-3H3. The topological polar surface area (TPSA) is 40.2 Å². The van der Waals surface area contributed by atoms with E-state index >= 15 is 0 Å². The minimum atomic E-state index is 0.203. The SMILES string of the molecule is CC(C)Oc1ccc2c(c1)c(C1(CN)CC1)cn2C. The molecular weight excluding hydrogens is 236 g/mol. The molecule has 1 fully saturated rings. The van der Waals surface area contributed by atoms with Gasteiger partial charge in [-0.15, -0.1) is 0 Å². The van der Waals surface area contributed by atoms with Crippen LogP contribution >= 0.6 is 0 Å². The Morgan fingerprint density at radius 3 is 2.68 bits per heavy atom. The highest BCUT2D eigenvalue weighted by Gasteiger charge is 2.44. The molecule has 0 saturated heterocycles. The van der Waals surface area contributed by atoms with Gasteiger partial charge in [0.25, 0.3) is 0 Å². The summed E-state index contributed by atoms with van der Waals surface area (Å²) in [5.74, 6) is 0.947. The maximum absolute atomic E-state index is 5.98. The van der Waals surface area contributed by atoms with Crippen LogP contribution in [-0.4, -0.2) is 17.2 Å². The Bertz CT molecular complexity index is 608. The first-order valence-corrected chi connectivity index (χ1v) is 7.02. The fourth-order valence-electron chi connectivity index (χ4n) is 2.87. The highest BCUT2D eigenvalue weighted by Crippen LogP contribution is 2.50. The molecule has 19 heavy (non-hydrogen) atoms. The monoisotopic (exact) mass is 258 g/mol. The van der Waals surface area contributed by atoms with Gasteiger partial charge in [-0.25, -0.2) is 0 Å². The molecule has 102 valence electrons. The van der Waals surface area contributed by atoms with Crippen molar-refractivity contribution in [2.24, 2.45) is 12.8 Å². The highest BCUT2D eigenvalue weighted by molar-refractivity contribution is 5.87. The molecule has 0 bridgehead atoms. The average molecular weight is 258 g/mol. The Morgan fingerprint density at radius 2 is 2.11 bits per heavy atom. The van der Waals surface area contributed by atoms with E-state index in [4.69, 9.17) is 10.5 Å². The summed E-state index contributed by atoms with van der Waals surface area (Å²) < 4.78 is 8.01. The van der Waals surface area contributed by atoms with Crippen molar-refractivity contribution in [2.45, 2.75) is 38.2 Å². The lowest BCUT2D eigenvalue weighted by molar-refractivity contribution is 0.243. The lowest BCUT2D eigenvalue weighted by Gasteiger charge is -2.13. The lowest BCUT2D eigenvalue weighted by atomic mass is 9.95. The second kappa shape index (κ2) is 4.27. The molecule has 0 unspecified atom stereocenters. The van der Waals surface area contributed by atoms with Gasteiger partial charge in [-0.1, -0.05) is 0 Å². The molecule has 3 rings (SSSR count). The molecule has 0 atom stereocenters. The van der Waals surface area contributed by atoms with E-state index in [0.717, 1.165) is 12.3 Å². The third kappa shape index (κ3) is 2.02. The Kier molecular flexibility index (Phi) is 2.82. The summed E-state index contributed by atoms with van der Waals surface area (Å²) in [4.78, 5) is 0. The van der Waals surface area contributed by atoms with Crippen molar-refractivity contribution in [2.75, 3.05) is 6.54 Å². The third-order valence-corrected chi connectivity index (χ3v) is 4.15. The van der Waals surface area contributed by atoms with Crippen molar-refractivity contribution in [1.82, 2.24) is 4.57 Å². The zero-order chi connectivity index (χ0) is 13.6. The molecule has 1 aliphatic rings. The number of fused-ring (bicyclic) bond motifs is 1. The van der Waals surface area contributed by atoms with E-state index in [-0.39, 0.29) is 11.5 Å². The largest absolute Gasteiger partial charge is 0.491 e.